The van der Waals surface area contributed by atoms with Crippen molar-refractivity contribution in [3.63, 3.8) is 0 Å². The molecule has 5 aromatic carbocycles. The second kappa shape index (κ2) is 12.0. The highest BCUT2D eigenvalue weighted by molar-refractivity contribution is 7.76. The van der Waals surface area contributed by atoms with Crippen LogP contribution in [0, 0.1) is 0 Å². The summed E-state index contributed by atoms with van der Waals surface area (Å²) in [6.45, 7) is 0. The molecule has 5 rings (SSSR count). The first-order chi connectivity index (χ1) is 18.7. The molecule has 0 aromatic heterocycles. The van der Waals surface area contributed by atoms with Crippen LogP contribution in [0.2, 0.25) is 0 Å². The van der Waals surface area contributed by atoms with Gasteiger partial charge in [0.15, 0.2) is 0 Å². The molecule has 5 aromatic rings. The number of hydrogen-bond donors (Lipinski definition) is 2. The topological polar surface area (TPSA) is 50.4 Å². The van der Waals surface area contributed by atoms with Crippen LogP contribution in [0.1, 0.15) is 23.2 Å². The molecule has 4 nitrogen and oxygen atoms in total. The van der Waals surface area contributed by atoms with Crippen molar-refractivity contribution in [2.45, 2.75) is 12.1 Å². The van der Waals surface area contributed by atoms with E-state index in [1.54, 1.807) is 7.11 Å². The van der Waals surface area contributed by atoms with E-state index in [1.807, 2.05) is 121 Å². The number of anilines is 1. The highest BCUT2D eigenvalue weighted by atomic mass is 31.2. The first-order valence-electron chi connectivity index (χ1n) is 12.7. The fourth-order valence-corrected chi connectivity index (χ4v) is 7.13. The summed E-state index contributed by atoms with van der Waals surface area (Å²) >= 11 is 0. The van der Waals surface area contributed by atoms with E-state index in [4.69, 9.17) is 4.74 Å². The Bertz CT molecular complexity index is 1420. The van der Waals surface area contributed by atoms with Crippen LogP contribution in [0.4, 0.5) is 5.69 Å². The third kappa shape index (κ3) is 5.73. The van der Waals surface area contributed by atoms with Crippen molar-refractivity contribution >= 4 is 23.6 Å². The quantitative estimate of drug-likeness (QED) is 0.194. The second-order valence-corrected chi connectivity index (χ2v) is 11.6. The van der Waals surface area contributed by atoms with Crippen LogP contribution in [0.25, 0.3) is 0 Å². The van der Waals surface area contributed by atoms with Crippen molar-refractivity contribution in [3.05, 3.63) is 157 Å². The Morgan fingerprint density at radius 3 is 1.50 bits per heavy atom. The van der Waals surface area contributed by atoms with E-state index in [2.05, 4.69) is 34.7 Å². The Labute approximate surface area is 224 Å². The van der Waals surface area contributed by atoms with E-state index in [9.17, 15) is 0 Å². The summed E-state index contributed by atoms with van der Waals surface area (Å²) < 4.78 is 20.6. The van der Waals surface area contributed by atoms with Crippen LogP contribution in [0.3, 0.4) is 0 Å². The summed E-state index contributed by atoms with van der Waals surface area (Å²) in [5, 5.41) is 8.94. The minimum absolute atomic E-state index is 0.229. The maximum atomic E-state index is 15.1. The second-order valence-electron chi connectivity index (χ2n) is 9.06. The lowest BCUT2D eigenvalue weighted by atomic mass is 9.93. The SMILES string of the molecule is COc1ccc(C(NP(=O)(c2ccccc2)c2ccccc2)C(Nc2ccccc2)c2ccccc2)cc1. The molecule has 190 valence electrons. The summed E-state index contributed by atoms with van der Waals surface area (Å²) in [5.74, 6) is 0.772. The van der Waals surface area contributed by atoms with Crippen LogP contribution in [-0.4, -0.2) is 7.11 Å². The van der Waals surface area contributed by atoms with Gasteiger partial charge in [0.25, 0.3) is 0 Å². The first kappa shape index (κ1) is 25.5. The molecule has 38 heavy (non-hydrogen) atoms. The van der Waals surface area contributed by atoms with Crippen LogP contribution in [0.5, 0.6) is 5.75 Å². The zero-order valence-electron chi connectivity index (χ0n) is 21.3. The molecule has 0 fully saturated rings. The van der Waals surface area contributed by atoms with Gasteiger partial charge in [0, 0.05) is 16.3 Å². The Morgan fingerprint density at radius 2 is 1.00 bits per heavy atom. The molecule has 0 aliphatic heterocycles. The van der Waals surface area contributed by atoms with Crippen LogP contribution in [0.15, 0.2) is 146 Å². The van der Waals surface area contributed by atoms with Crippen LogP contribution < -0.4 is 25.8 Å². The van der Waals surface area contributed by atoms with Gasteiger partial charge >= 0.3 is 0 Å². The molecule has 2 atom stereocenters. The third-order valence-corrected chi connectivity index (χ3v) is 9.32. The fraction of sp³-hybridized carbons (Fsp3) is 0.0909. The highest BCUT2D eigenvalue weighted by Gasteiger charge is 2.35. The van der Waals surface area contributed by atoms with Gasteiger partial charge in [-0.15, -0.1) is 0 Å². The van der Waals surface area contributed by atoms with Crippen molar-refractivity contribution in [1.82, 2.24) is 5.09 Å². The predicted molar refractivity (Wildman–Crippen MR) is 158 cm³/mol. The van der Waals surface area contributed by atoms with E-state index in [0.717, 1.165) is 33.2 Å². The van der Waals surface area contributed by atoms with Gasteiger partial charge < -0.3 is 10.1 Å². The van der Waals surface area contributed by atoms with Crippen molar-refractivity contribution in [3.8, 4) is 5.75 Å². The molecule has 0 saturated heterocycles. The average molecular weight is 519 g/mol. The van der Waals surface area contributed by atoms with E-state index < -0.39 is 7.29 Å². The normalized spacial score (nSPS) is 12.9. The molecule has 0 aliphatic rings. The molecule has 0 spiro atoms. The lowest BCUT2D eigenvalue weighted by Gasteiger charge is -2.34. The molecule has 0 heterocycles. The largest absolute Gasteiger partial charge is 0.497 e. The van der Waals surface area contributed by atoms with Gasteiger partial charge in [0.05, 0.1) is 19.2 Å². The van der Waals surface area contributed by atoms with E-state index in [-0.39, 0.29) is 12.1 Å². The molecule has 0 saturated carbocycles. The smallest absolute Gasteiger partial charge is 0.205 e. The molecule has 0 bridgehead atoms. The summed E-state index contributed by atoms with van der Waals surface area (Å²) in [4.78, 5) is 0. The lowest BCUT2D eigenvalue weighted by molar-refractivity contribution is 0.414. The molecule has 2 N–H and O–H groups in total. The Kier molecular flexibility index (Phi) is 8.04. The molecule has 0 aliphatic carbocycles. The number of ether oxygens (including phenoxy) is 1. The maximum Gasteiger partial charge on any atom is 0.205 e. The molecular formula is C33H31N2O2P. The van der Waals surface area contributed by atoms with Crippen molar-refractivity contribution < 1.29 is 9.30 Å². The van der Waals surface area contributed by atoms with Gasteiger partial charge in [-0.2, -0.15) is 0 Å². The van der Waals surface area contributed by atoms with Gasteiger partial charge in [0.2, 0.25) is 7.29 Å². The molecule has 2 unspecified atom stereocenters. The number of hydrogen-bond acceptors (Lipinski definition) is 3. The number of methoxy groups -OCH3 is 1. The Hall–Kier alpha value is -4.11. The van der Waals surface area contributed by atoms with E-state index >= 15 is 4.57 Å². The summed E-state index contributed by atoms with van der Waals surface area (Å²) in [6.07, 6.45) is 0. The highest BCUT2D eigenvalue weighted by Crippen LogP contribution is 2.45. The van der Waals surface area contributed by atoms with Gasteiger partial charge in [-0.1, -0.05) is 97.1 Å². The minimum Gasteiger partial charge on any atom is -0.497 e. The van der Waals surface area contributed by atoms with E-state index in [0.29, 0.717) is 0 Å². The number of nitrogens with one attached hydrogen (secondary N) is 2. The number of para-hydroxylation sites is 1. The fourth-order valence-electron chi connectivity index (χ4n) is 4.66. The van der Waals surface area contributed by atoms with Gasteiger partial charge in [-0.05, 0) is 59.7 Å². The van der Waals surface area contributed by atoms with Gasteiger partial charge in [-0.3, -0.25) is 9.65 Å². The van der Waals surface area contributed by atoms with Crippen LogP contribution in [-0.2, 0) is 4.57 Å². The Morgan fingerprint density at radius 1 is 0.553 bits per heavy atom. The molecule has 5 heteroatoms. The van der Waals surface area contributed by atoms with Gasteiger partial charge in [0.1, 0.15) is 5.75 Å². The maximum absolute atomic E-state index is 15.1. The average Bonchev–Trinajstić information content (AvgIpc) is 3.01. The third-order valence-electron chi connectivity index (χ3n) is 6.62. The molecular weight excluding hydrogens is 487 g/mol. The summed E-state index contributed by atoms with van der Waals surface area (Å²) in [6, 6.07) is 47.2. The summed E-state index contributed by atoms with van der Waals surface area (Å²) in [5.41, 5.74) is 3.06. The van der Waals surface area contributed by atoms with Gasteiger partial charge in [-0.25, -0.2) is 0 Å². The summed E-state index contributed by atoms with van der Waals surface area (Å²) in [7, 11) is -1.60. The zero-order chi connectivity index (χ0) is 26.2. The lowest BCUT2D eigenvalue weighted by Crippen LogP contribution is -2.35. The number of benzene rings is 5. The first-order valence-corrected chi connectivity index (χ1v) is 14.4. The Balaban J connectivity index is 1.67. The minimum atomic E-state index is -3.26. The van der Waals surface area contributed by atoms with Crippen LogP contribution >= 0.6 is 7.29 Å². The van der Waals surface area contributed by atoms with Crippen molar-refractivity contribution in [2.24, 2.45) is 0 Å². The monoisotopic (exact) mass is 518 g/mol. The standard InChI is InChI=1S/C33H31N2O2P/c1-37-29-24-22-27(23-25-29)33(32(26-14-6-2-7-15-26)34-28-16-8-3-9-17-28)35-38(36,30-18-10-4-11-19-30)31-20-12-5-13-21-31/h2-25,32-34H,1H3,(H,35,36). The van der Waals surface area contributed by atoms with E-state index in [1.165, 1.54) is 0 Å². The van der Waals surface area contributed by atoms with Crippen molar-refractivity contribution in [1.29, 1.82) is 0 Å². The zero-order valence-corrected chi connectivity index (χ0v) is 22.2. The number of rotatable bonds is 10. The predicted octanol–water partition coefficient (Wildman–Crippen LogP) is 7.11. The molecule has 0 amide bonds. The van der Waals surface area contributed by atoms with Crippen molar-refractivity contribution in [2.75, 3.05) is 12.4 Å². The molecule has 0 radical (unpaired) electrons.